The van der Waals surface area contributed by atoms with Gasteiger partial charge in [-0.25, -0.2) is 9.97 Å². The largest absolute Gasteiger partial charge is 0.383 e. The summed E-state index contributed by atoms with van der Waals surface area (Å²) in [6, 6.07) is 3.55. The van der Waals surface area contributed by atoms with Crippen molar-refractivity contribution in [1.82, 2.24) is 14.5 Å². The van der Waals surface area contributed by atoms with E-state index < -0.39 is 0 Å². The summed E-state index contributed by atoms with van der Waals surface area (Å²) in [6.45, 7) is 1.15. The molecule has 1 N–H and O–H groups in total. The predicted molar refractivity (Wildman–Crippen MR) is 81.7 cm³/mol. The number of ether oxygens (including phenoxy) is 1. The summed E-state index contributed by atoms with van der Waals surface area (Å²) >= 11 is 6.46. The normalized spacial score (nSPS) is 10.6. The van der Waals surface area contributed by atoms with Crippen molar-refractivity contribution in [1.29, 1.82) is 0 Å². The second kappa shape index (κ2) is 6.96. The van der Waals surface area contributed by atoms with Gasteiger partial charge in [0.25, 0.3) is 5.91 Å². The summed E-state index contributed by atoms with van der Waals surface area (Å²) in [7, 11) is 1.62. The molecule has 0 saturated carbocycles. The molecule has 6 nitrogen and oxygen atoms in total. The molecule has 0 unspecified atom stereocenters. The Morgan fingerprint density at radius 1 is 1.50 bits per heavy atom. The number of amides is 1. The maximum atomic E-state index is 12.2. The number of aromatic nitrogens is 3. The van der Waals surface area contributed by atoms with Gasteiger partial charge in [0, 0.05) is 19.9 Å². The second-order valence-electron chi connectivity index (χ2n) is 3.87. The van der Waals surface area contributed by atoms with Crippen LogP contribution in [0, 0.1) is 0 Å². The third-order valence-corrected chi connectivity index (χ3v) is 3.47. The monoisotopic (exact) mass is 402 g/mol. The van der Waals surface area contributed by atoms with Gasteiger partial charge in [0.15, 0.2) is 5.82 Å². The Kier molecular flexibility index (Phi) is 5.27. The van der Waals surface area contributed by atoms with Crippen molar-refractivity contribution in [2.45, 2.75) is 6.54 Å². The van der Waals surface area contributed by atoms with Crippen LogP contribution in [0.15, 0.2) is 33.7 Å². The molecule has 0 aliphatic rings. The van der Waals surface area contributed by atoms with Gasteiger partial charge < -0.3 is 14.6 Å². The minimum Gasteiger partial charge on any atom is -0.383 e. The van der Waals surface area contributed by atoms with Gasteiger partial charge in [-0.3, -0.25) is 4.79 Å². The number of rotatable bonds is 5. The fourth-order valence-electron chi connectivity index (χ4n) is 1.61. The molecule has 2 aromatic rings. The lowest BCUT2D eigenvalue weighted by Crippen LogP contribution is -2.19. The summed E-state index contributed by atoms with van der Waals surface area (Å²) < 4.78 is 7.89. The average Bonchev–Trinajstić information content (AvgIpc) is 2.88. The highest BCUT2D eigenvalue weighted by Gasteiger charge is 2.13. The number of halogens is 2. The first-order chi connectivity index (χ1) is 9.61. The number of anilines is 1. The van der Waals surface area contributed by atoms with Crippen molar-refractivity contribution >= 4 is 43.6 Å². The highest BCUT2D eigenvalue weighted by atomic mass is 79.9. The molecule has 2 heterocycles. The molecule has 0 fully saturated rings. The topological polar surface area (TPSA) is 69.0 Å². The van der Waals surface area contributed by atoms with Gasteiger partial charge in [-0.15, -0.1) is 0 Å². The van der Waals surface area contributed by atoms with Gasteiger partial charge in [-0.1, -0.05) is 0 Å². The summed E-state index contributed by atoms with van der Waals surface area (Å²) in [4.78, 5) is 20.4. The van der Waals surface area contributed by atoms with Crippen molar-refractivity contribution in [2.24, 2.45) is 0 Å². The van der Waals surface area contributed by atoms with Gasteiger partial charge in [0.05, 0.1) is 12.8 Å². The fraction of sp³-hybridized carbons (Fsp3) is 0.250. The maximum Gasteiger partial charge on any atom is 0.273 e. The van der Waals surface area contributed by atoms with Crippen LogP contribution < -0.4 is 5.32 Å². The van der Waals surface area contributed by atoms with Crippen LogP contribution in [0.5, 0.6) is 0 Å². The third kappa shape index (κ3) is 3.65. The van der Waals surface area contributed by atoms with Crippen LogP contribution in [0.3, 0.4) is 0 Å². The van der Waals surface area contributed by atoms with E-state index >= 15 is 0 Å². The Morgan fingerprint density at radius 3 is 3.00 bits per heavy atom. The van der Waals surface area contributed by atoms with Crippen molar-refractivity contribution in [3.8, 4) is 0 Å². The Hall–Kier alpha value is -1.25. The molecule has 0 saturated heterocycles. The summed E-state index contributed by atoms with van der Waals surface area (Å²) in [5.74, 6) is 0.126. The van der Waals surface area contributed by atoms with E-state index in [4.69, 9.17) is 4.74 Å². The first-order valence-corrected chi connectivity index (χ1v) is 7.34. The van der Waals surface area contributed by atoms with E-state index in [1.807, 2.05) is 16.8 Å². The van der Waals surface area contributed by atoms with Crippen LogP contribution >= 0.6 is 31.9 Å². The Labute approximate surface area is 132 Å². The standard InChI is InChI=1S/C12H12Br2N4O2/c1-20-6-5-18-4-2-3-8(18)12(19)17-11-10(14)16-9(13)7-15-11/h2-4,7H,5-6H2,1H3,(H,15,17,19). The lowest BCUT2D eigenvalue weighted by Gasteiger charge is -2.09. The molecule has 0 bridgehead atoms. The highest BCUT2D eigenvalue weighted by Crippen LogP contribution is 2.20. The van der Waals surface area contributed by atoms with E-state index in [1.54, 1.807) is 13.2 Å². The number of hydrogen-bond donors (Lipinski definition) is 1. The second-order valence-corrected chi connectivity index (χ2v) is 5.43. The molecule has 2 rings (SSSR count). The molecule has 1 amide bonds. The van der Waals surface area contributed by atoms with Crippen LogP contribution in [-0.2, 0) is 11.3 Å². The number of nitrogens with zero attached hydrogens (tertiary/aromatic N) is 3. The average molecular weight is 404 g/mol. The zero-order valence-corrected chi connectivity index (χ0v) is 13.8. The molecule has 8 heteroatoms. The first-order valence-electron chi connectivity index (χ1n) is 5.75. The maximum absolute atomic E-state index is 12.2. The lowest BCUT2D eigenvalue weighted by atomic mass is 10.4. The molecule has 0 aliphatic heterocycles. The molecular formula is C12H12Br2N4O2. The molecular weight excluding hydrogens is 392 g/mol. The SMILES string of the molecule is COCCn1cccc1C(=O)Nc1ncc(Br)nc1Br. The van der Waals surface area contributed by atoms with Gasteiger partial charge in [0.1, 0.15) is 14.9 Å². The smallest absolute Gasteiger partial charge is 0.273 e. The van der Waals surface area contributed by atoms with Gasteiger partial charge in [-0.05, 0) is 44.0 Å². The molecule has 0 aromatic carbocycles. The van der Waals surface area contributed by atoms with Gasteiger partial charge >= 0.3 is 0 Å². The Morgan fingerprint density at radius 2 is 2.30 bits per heavy atom. The molecule has 0 spiro atoms. The minimum atomic E-state index is -0.247. The predicted octanol–water partition coefficient (Wildman–Crippen LogP) is 2.70. The molecule has 2 aromatic heterocycles. The molecule has 20 heavy (non-hydrogen) atoms. The van der Waals surface area contributed by atoms with Crippen molar-refractivity contribution in [3.05, 3.63) is 39.4 Å². The van der Waals surface area contributed by atoms with Crippen molar-refractivity contribution in [3.63, 3.8) is 0 Å². The zero-order chi connectivity index (χ0) is 14.5. The van der Waals surface area contributed by atoms with Crippen LogP contribution in [-0.4, -0.2) is 34.2 Å². The lowest BCUT2D eigenvalue weighted by molar-refractivity contribution is 0.101. The number of hydrogen-bond acceptors (Lipinski definition) is 4. The van der Waals surface area contributed by atoms with E-state index in [0.717, 1.165) is 0 Å². The van der Waals surface area contributed by atoms with Gasteiger partial charge in [0.2, 0.25) is 0 Å². The number of nitrogens with one attached hydrogen (secondary N) is 1. The number of methoxy groups -OCH3 is 1. The van der Waals surface area contributed by atoms with E-state index in [2.05, 4.69) is 47.1 Å². The van der Waals surface area contributed by atoms with E-state index in [1.165, 1.54) is 6.20 Å². The zero-order valence-electron chi connectivity index (χ0n) is 10.6. The summed E-state index contributed by atoms with van der Waals surface area (Å²) in [5.41, 5.74) is 0.540. The highest BCUT2D eigenvalue weighted by molar-refractivity contribution is 9.11. The number of carbonyl (C=O) groups is 1. The molecule has 106 valence electrons. The van der Waals surface area contributed by atoms with Crippen LogP contribution in [0.2, 0.25) is 0 Å². The van der Waals surface area contributed by atoms with Crippen LogP contribution in [0.25, 0.3) is 0 Å². The van der Waals surface area contributed by atoms with Crippen LogP contribution in [0.4, 0.5) is 5.82 Å². The van der Waals surface area contributed by atoms with Crippen LogP contribution in [0.1, 0.15) is 10.5 Å². The molecule has 0 atom stereocenters. The van der Waals surface area contributed by atoms with E-state index in [9.17, 15) is 4.79 Å². The van der Waals surface area contributed by atoms with Crippen molar-refractivity contribution < 1.29 is 9.53 Å². The quantitative estimate of drug-likeness (QED) is 0.833. The molecule has 0 radical (unpaired) electrons. The van der Waals surface area contributed by atoms with E-state index in [-0.39, 0.29) is 5.91 Å². The summed E-state index contributed by atoms with van der Waals surface area (Å²) in [6.07, 6.45) is 3.35. The fourth-order valence-corrected chi connectivity index (χ4v) is 2.52. The summed E-state index contributed by atoms with van der Waals surface area (Å²) in [5, 5.41) is 2.71. The van der Waals surface area contributed by atoms with Gasteiger partial charge in [-0.2, -0.15) is 0 Å². The van der Waals surface area contributed by atoms with Crippen molar-refractivity contribution in [2.75, 3.05) is 19.0 Å². The Balaban J connectivity index is 2.14. The third-order valence-electron chi connectivity index (χ3n) is 2.53. The van der Waals surface area contributed by atoms with E-state index in [0.29, 0.717) is 33.9 Å². The number of carbonyl (C=O) groups excluding carboxylic acids is 1. The Bertz CT molecular complexity index is 615. The first kappa shape index (κ1) is 15.1. The minimum absolute atomic E-state index is 0.247. The molecule has 0 aliphatic carbocycles.